The third-order valence-corrected chi connectivity index (χ3v) is 8.53. The summed E-state index contributed by atoms with van der Waals surface area (Å²) in [4.78, 5) is 43.8. The van der Waals surface area contributed by atoms with Crippen LogP contribution in [0.25, 0.3) is 28.0 Å². The van der Waals surface area contributed by atoms with E-state index in [-0.39, 0.29) is 58.8 Å². The van der Waals surface area contributed by atoms with Crippen molar-refractivity contribution in [2.45, 2.75) is 58.1 Å². The van der Waals surface area contributed by atoms with Crippen LogP contribution in [0, 0.1) is 11.6 Å². The molecule has 0 unspecified atom stereocenters. The van der Waals surface area contributed by atoms with Crippen molar-refractivity contribution in [3.8, 4) is 16.9 Å². The Hall–Kier alpha value is -4.51. The van der Waals surface area contributed by atoms with Crippen LogP contribution in [0.4, 0.5) is 14.6 Å². The van der Waals surface area contributed by atoms with Crippen LogP contribution in [0.15, 0.2) is 54.0 Å². The van der Waals surface area contributed by atoms with Gasteiger partial charge in [-0.1, -0.05) is 32.6 Å². The number of aliphatic hydroxyl groups is 1. The molecule has 2 bridgehead atoms. The quantitative estimate of drug-likeness (QED) is 0.350. The Labute approximate surface area is 253 Å². The number of aliphatic hydroxyl groups excluding tert-OH is 1. The third kappa shape index (κ3) is 5.04. The zero-order valence-electron chi connectivity index (χ0n) is 24.9. The minimum absolute atomic E-state index is 0.00236. The van der Waals surface area contributed by atoms with Crippen LogP contribution in [0.1, 0.15) is 49.9 Å². The van der Waals surface area contributed by atoms with Crippen LogP contribution in [0.5, 0.6) is 0 Å². The fraction of sp³-hybridized carbons (Fsp3) is 0.364. The number of benzene rings is 1. The summed E-state index contributed by atoms with van der Waals surface area (Å²) >= 11 is 0. The lowest BCUT2D eigenvalue weighted by Gasteiger charge is -2.40. The Bertz CT molecular complexity index is 1860. The van der Waals surface area contributed by atoms with E-state index in [1.165, 1.54) is 22.8 Å². The molecule has 228 valence electrons. The fourth-order valence-corrected chi connectivity index (χ4v) is 6.38. The monoisotopic (exact) mass is 600 g/mol. The molecule has 44 heavy (non-hydrogen) atoms. The van der Waals surface area contributed by atoms with Gasteiger partial charge in [-0.25, -0.2) is 23.1 Å². The summed E-state index contributed by atoms with van der Waals surface area (Å²) in [6.45, 7) is 10.4. The highest BCUT2D eigenvalue weighted by atomic mass is 19.1. The van der Waals surface area contributed by atoms with Gasteiger partial charge in [-0.05, 0) is 61.1 Å². The second kappa shape index (κ2) is 11.5. The topological polar surface area (TPSA) is 104 Å². The van der Waals surface area contributed by atoms with Crippen molar-refractivity contribution in [3.05, 3.63) is 88.1 Å². The first-order valence-corrected chi connectivity index (χ1v) is 14.8. The molecule has 3 aromatic heterocycles. The summed E-state index contributed by atoms with van der Waals surface area (Å²) in [5.74, 6) is -1.50. The summed E-state index contributed by atoms with van der Waals surface area (Å²) in [5, 5.41) is 11.4. The molecule has 6 rings (SSSR count). The molecule has 9 nitrogen and oxygen atoms in total. The maximum absolute atomic E-state index is 16.2. The molecule has 0 saturated carbocycles. The van der Waals surface area contributed by atoms with Crippen LogP contribution >= 0.6 is 0 Å². The normalized spacial score (nSPS) is 18.5. The average molecular weight is 601 g/mol. The van der Waals surface area contributed by atoms with Gasteiger partial charge in [-0.15, -0.1) is 0 Å². The molecule has 0 radical (unpaired) electrons. The number of rotatable bonds is 3. The molecular weight excluding hydrogens is 566 g/mol. The van der Waals surface area contributed by atoms with E-state index in [1.54, 1.807) is 29.3 Å². The van der Waals surface area contributed by atoms with E-state index in [4.69, 9.17) is 4.98 Å². The largest absolute Gasteiger partial charge is 0.393 e. The van der Waals surface area contributed by atoms with E-state index in [0.29, 0.717) is 48.6 Å². The molecule has 2 aliphatic rings. The van der Waals surface area contributed by atoms with Crippen LogP contribution < -0.4 is 10.6 Å². The van der Waals surface area contributed by atoms with E-state index in [0.717, 1.165) is 0 Å². The van der Waals surface area contributed by atoms with Gasteiger partial charge >= 0.3 is 5.69 Å². The molecule has 2 aliphatic heterocycles. The molecule has 1 N–H and O–H groups in total. The second-order valence-corrected chi connectivity index (χ2v) is 11.8. The van der Waals surface area contributed by atoms with Gasteiger partial charge in [0.25, 0.3) is 0 Å². The number of aryl methyl sites for hydroxylation is 1. The molecule has 1 saturated heterocycles. The Balaban J connectivity index is 1.69. The first-order valence-electron chi connectivity index (χ1n) is 14.8. The molecule has 1 amide bonds. The van der Waals surface area contributed by atoms with E-state index in [9.17, 15) is 14.7 Å². The average Bonchev–Trinajstić information content (AvgIpc) is 2.99. The number of carbonyl (C=O) groups excluding carboxylic acids is 1. The van der Waals surface area contributed by atoms with Gasteiger partial charge in [-0.2, -0.15) is 4.98 Å². The maximum Gasteiger partial charge on any atom is 0.355 e. The minimum Gasteiger partial charge on any atom is -0.393 e. The van der Waals surface area contributed by atoms with Crippen molar-refractivity contribution in [3.63, 3.8) is 0 Å². The Morgan fingerprint density at radius 1 is 1.14 bits per heavy atom. The molecule has 0 spiro atoms. The van der Waals surface area contributed by atoms with E-state index in [2.05, 4.69) is 16.5 Å². The molecule has 0 aliphatic carbocycles. The van der Waals surface area contributed by atoms with Gasteiger partial charge in [0.05, 0.1) is 22.9 Å². The van der Waals surface area contributed by atoms with Crippen molar-refractivity contribution in [1.29, 1.82) is 0 Å². The van der Waals surface area contributed by atoms with Gasteiger partial charge in [-0.3, -0.25) is 9.78 Å². The molecular formula is C33H34F2N6O3. The second-order valence-electron chi connectivity index (χ2n) is 11.8. The van der Waals surface area contributed by atoms with Gasteiger partial charge in [0.2, 0.25) is 5.91 Å². The lowest BCUT2D eigenvalue weighted by Crippen LogP contribution is -2.54. The van der Waals surface area contributed by atoms with Crippen LogP contribution in [-0.4, -0.2) is 67.2 Å². The van der Waals surface area contributed by atoms with Crippen molar-refractivity contribution in [1.82, 2.24) is 24.4 Å². The van der Waals surface area contributed by atoms with Crippen LogP contribution in [0.3, 0.4) is 0 Å². The first-order chi connectivity index (χ1) is 21.1. The molecule has 4 aromatic rings. The van der Waals surface area contributed by atoms with Crippen molar-refractivity contribution < 1.29 is 18.7 Å². The van der Waals surface area contributed by atoms with Gasteiger partial charge in [0.1, 0.15) is 23.1 Å². The molecule has 1 fully saturated rings. The fourth-order valence-electron chi connectivity index (χ4n) is 6.38. The van der Waals surface area contributed by atoms with Gasteiger partial charge in [0.15, 0.2) is 5.65 Å². The number of pyridine rings is 2. The highest BCUT2D eigenvalue weighted by Gasteiger charge is 2.31. The smallest absolute Gasteiger partial charge is 0.355 e. The molecule has 11 heteroatoms. The SMILES string of the molecule is C=CC(=O)N1CCN(c2nc(=O)n3c4nc(c(F)cc24)-c2c(F)cccc2CC[C@H](O)Cc2ccnc(C(C)C)c2-3)[C@@H](C)C1. The van der Waals surface area contributed by atoms with E-state index >= 15 is 8.78 Å². The van der Waals surface area contributed by atoms with Crippen molar-refractivity contribution >= 4 is 22.8 Å². The maximum atomic E-state index is 16.2. The Morgan fingerprint density at radius 3 is 2.66 bits per heavy atom. The van der Waals surface area contributed by atoms with Crippen molar-refractivity contribution in [2.75, 3.05) is 24.5 Å². The number of amides is 1. The number of hydrogen-bond acceptors (Lipinski definition) is 7. The Kier molecular flexibility index (Phi) is 7.75. The highest BCUT2D eigenvalue weighted by Crippen LogP contribution is 2.36. The highest BCUT2D eigenvalue weighted by molar-refractivity contribution is 5.91. The first kappa shape index (κ1) is 29.6. The number of aromatic nitrogens is 4. The summed E-state index contributed by atoms with van der Waals surface area (Å²) in [7, 11) is 0. The predicted molar refractivity (Wildman–Crippen MR) is 164 cm³/mol. The number of hydrogen-bond donors (Lipinski definition) is 1. The summed E-state index contributed by atoms with van der Waals surface area (Å²) in [6.07, 6.45) is 2.88. The Morgan fingerprint density at radius 2 is 1.93 bits per heavy atom. The lowest BCUT2D eigenvalue weighted by molar-refractivity contribution is -0.126. The zero-order valence-corrected chi connectivity index (χ0v) is 24.9. The number of carbonyl (C=O) groups is 1. The van der Waals surface area contributed by atoms with E-state index < -0.39 is 23.4 Å². The number of anilines is 1. The number of halogens is 2. The number of nitrogens with zero attached hydrogens (tertiary/aromatic N) is 6. The van der Waals surface area contributed by atoms with Gasteiger partial charge in [0, 0.05) is 43.9 Å². The zero-order chi connectivity index (χ0) is 31.3. The van der Waals surface area contributed by atoms with Crippen molar-refractivity contribution in [2.24, 2.45) is 0 Å². The molecule has 1 aromatic carbocycles. The third-order valence-electron chi connectivity index (χ3n) is 8.53. The molecule has 2 atom stereocenters. The van der Waals surface area contributed by atoms with Gasteiger partial charge < -0.3 is 14.9 Å². The lowest BCUT2D eigenvalue weighted by atomic mass is 9.94. The van der Waals surface area contributed by atoms with Crippen LogP contribution in [0.2, 0.25) is 0 Å². The standard InChI is InChI=1S/C33H34F2N6O3/c1-5-26(43)39-13-14-40(19(4)17-39)31-23-16-25(35)29-27-20(7-6-8-24(27)34)9-10-22(42)15-21-11-12-36-28(18(2)3)30(21)41(32(23)37-29)33(44)38-31/h5-8,11-12,16,18-19,22,42H,1,9-10,13-15,17H2,2-4H3/t19-,22-/m0/s1. The summed E-state index contributed by atoms with van der Waals surface area (Å²) < 4.78 is 33.0. The summed E-state index contributed by atoms with van der Waals surface area (Å²) in [6, 6.07) is 7.27. The number of piperazine rings is 1. The number of fused-ring (bicyclic) bond motifs is 5. The summed E-state index contributed by atoms with van der Waals surface area (Å²) in [5.41, 5.74) is 1.42. The minimum atomic E-state index is -0.822. The molecule has 5 heterocycles. The van der Waals surface area contributed by atoms with Crippen LogP contribution in [-0.2, 0) is 17.6 Å². The predicted octanol–water partition coefficient (Wildman–Crippen LogP) is 4.32. The van der Waals surface area contributed by atoms with E-state index in [1.807, 2.05) is 25.7 Å².